The van der Waals surface area contributed by atoms with E-state index in [0.717, 1.165) is 29.6 Å². The third-order valence-corrected chi connectivity index (χ3v) is 3.31. The molecule has 1 aliphatic rings. The molecule has 2 heterocycles. The van der Waals surface area contributed by atoms with Crippen molar-refractivity contribution in [2.24, 2.45) is 5.84 Å². The fourth-order valence-corrected chi connectivity index (χ4v) is 2.25. The molecule has 1 fully saturated rings. The molecule has 19 heavy (non-hydrogen) atoms. The molecule has 0 unspecified atom stereocenters. The van der Waals surface area contributed by atoms with Crippen LogP contribution in [0.1, 0.15) is 5.56 Å². The Balaban J connectivity index is 1.76. The number of hydrogen-bond acceptors (Lipinski definition) is 5. The Morgan fingerprint density at radius 2 is 2.21 bits per heavy atom. The number of carbonyl (C=O) groups excluding carboxylic acids is 1. The van der Waals surface area contributed by atoms with Gasteiger partial charge in [0.05, 0.1) is 12.1 Å². The summed E-state index contributed by atoms with van der Waals surface area (Å²) in [5.74, 6) is 5.52. The van der Waals surface area contributed by atoms with Gasteiger partial charge < -0.3 is 0 Å². The van der Waals surface area contributed by atoms with Gasteiger partial charge in [-0.05, 0) is 11.6 Å². The predicted molar refractivity (Wildman–Crippen MR) is 70.7 cm³/mol. The molecule has 0 saturated carbocycles. The molecule has 0 spiro atoms. The van der Waals surface area contributed by atoms with E-state index in [2.05, 4.69) is 14.9 Å². The van der Waals surface area contributed by atoms with Crippen LogP contribution in [0.15, 0.2) is 30.7 Å². The Kier molecular flexibility index (Phi) is 3.10. The Labute approximate surface area is 110 Å². The van der Waals surface area contributed by atoms with Crippen molar-refractivity contribution in [2.45, 2.75) is 6.54 Å². The van der Waals surface area contributed by atoms with Gasteiger partial charge in [-0.3, -0.25) is 14.7 Å². The number of hydrogen-bond donors (Lipinski definition) is 1. The van der Waals surface area contributed by atoms with Crippen LogP contribution < -0.4 is 5.84 Å². The highest BCUT2D eigenvalue weighted by Gasteiger charge is 2.21. The molecular formula is C13H15N5O. The molecule has 98 valence electrons. The highest BCUT2D eigenvalue weighted by Crippen LogP contribution is 2.14. The summed E-state index contributed by atoms with van der Waals surface area (Å²) < 4.78 is 0. The van der Waals surface area contributed by atoms with E-state index in [1.807, 2.05) is 18.2 Å². The molecule has 0 radical (unpaired) electrons. The number of benzene rings is 1. The van der Waals surface area contributed by atoms with Crippen LogP contribution in [0.3, 0.4) is 0 Å². The lowest BCUT2D eigenvalue weighted by atomic mass is 10.1. The Hall–Kier alpha value is -2.05. The van der Waals surface area contributed by atoms with Gasteiger partial charge in [0.1, 0.15) is 6.33 Å². The molecule has 1 aromatic heterocycles. The molecule has 1 aliphatic heterocycles. The molecule has 6 heteroatoms. The normalized spacial score (nSPS) is 17.1. The summed E-state index contributed by atoms with van der Waals surface area (Å²) >= 11 is 0. The number of fused-ring (bicyclic) bond motifs is 1. The maximum Gasteiger partial charge on any atom is 0.250 e. The molecule has 0 atom stereocenters. The zero-order valence-electron chi connectivity index (χ0n) is 10.5. The maximum absolute atomic E-state index is 11.5. The number of amides is 1. The lowest BCUT2D eigenvalue weighted by Crippen LogP contribution is -2.52. The average Bonchev–Trinajstić information content (AvgIpc) is 2.43. The number of hydrazine groups is 1. The van der Waals surface area contributed by atoms with Crippen molar-refractivity contribution >= 4 is 16.8 Å². The first-order valence-corrected chi connectivity index (χ1v) is 6.18. The van der Waals surface area contributed by atoms with E-state index in [-0.39, 0.29) is 5.91 Å². The Morgan fingerprint density at radius 1 is 1.32 bits per heavy atom. The maximum atomic E-state index is 11.5. The summed E-state index contributed by atoms with van der Waals surface area (Å²) in [5, 5.41) is 2.30. The summed E-state index contributed by atoms with van der Waals surface area (Å²) in [7, 11) is 0. The van der Waals surface area contributed by atoms with Gasteiger partial charge in [0.25, 0.3) is 5.91 Å². The third kappa shape index (κ3) is 2.54. The van der Waals surface area contributed by atoms with Crippen LogP contribution in [-0.2, 0) is 11.3 Å². The number of rotatable bonds is 2. The molecule has 0 aliphatic carbocycles. The van der Waals surface area contributed by atoms with Crippen LogP contribution in [0.25, 0.3) is 10.9 Å². The zero-order valence-corrected chi connectivity index (χ0v) is 10.5. The molecule has 6 nitrogen and oxygen atoms in total. The van der Waals surface area contributed by atoms with E-state index in [1.54, 1.807) is 12.5 Å². The topological polar surface area (TPSA) is 75.3 Å². The lowest BCUT2D eigenvalue weighted by molar-refractivity contribution is -0.136. The fraction of sp³-hybridized carbons (Fsp3) is 0.308. The first-order valence-electron chi connectivity index (χ1n) is 6.18. The molecule has 2 N–H and O–H groups in total. The van der Waals surface area contributed by atoms with E-state index >= 15 is 0 Å². The van der Waals surface area contributed by atoms with Crippen molar-refractivity contribution in [2.75, 3.05) is 19.6 Å². The average molecular weight is 257 g/mol. The van der Waals surface area contributed by atoms with Crippen LogP contribution in [0.4, 0.5) is 0 Å². The summed E-state index contributed by atoms with van der Waals surface area (Å²) in [5.41, 5.74) is 2.07. The second-order valence-corrected chi connectivity index (χ2v) is 4.71. The lowest BCUT2D eigenvalue weighted by Gasteiger charge is -2.31. The van der Waals surface area contributed by atoms with Gasteiger partial charge in [0.2, 0.25) is 0 Å². The molecule has 2 aromatic rings. The summed E-state index contributed by atoms with van der Waals surface area (Å²) in [6.07, 6.45) is 3.34. The van der Waals surface area contributed by atoms with Crippen molar-refractivity contribution in [3.8, 4) is 0 Å². The standard InChI is InChI=1S/C13H15N5O/c14-18-4-3-17(8-13(18)19)7-10-1-2-11-6-15-9-16-12(11)5-10/h1-2,5-6,9H,3-4,7-8,14H2. The molecular weight excluding hydrogens is 242 g/mol. The van der Waals surface area contributed by atoms with E-state index in [1.165, 1.54) is 5.01 Å². The molecule has 3 rings (SSSR count). The minimum absolute atomic E-state index is 0.0330. The monoisotopic (exact) mass is 257 g/mol. The Morgan fingerprint density at radius 3 is 3.05 bits per heavy atom. The van der Waals surface area contributed by atoms with E-state index in [0.29, 0.717) is 13.1 Å². The first-order chi connectivity index (χ1) is 9.22. The second kappa shape index (κ2) is 4.91. The van der Waals surface area contributed by atoms with Crippen molar-refractivity contribution in [1.82, 2.24) is 19.9 Å². The first kappa shape index (κ1) is 12.0. The molecule has 1 amide bonds. The van der Waals surface area contributed by atoms with Gasteiger partial charge in [-0.2, -0.15) is 0 Å². The van der Waals surface area contributed by atoms with E-state index < -0.39 is 0 Å². The third-order valence-electron chi connectivity index (χ3n) is 3.31. The quantitative estimate of drug-likeness (QED) is 0.612. The smallest absolute Gasteiger partial charge is 0.250 e. The number of aromatic nitrogens is 2. The number of nitrogens with two attached hydrogens (primary N) is 1. The minimum atomic E-state index is -0.0330. The second-order valence-electron chi connectivity index (χ2n) is 4.71. The molecule has 0 bridgehead atoms. The SMILES string of the molecule is NN1CCN(Cc2ccc3cncnc3c2)CC1=O. The summed E-state index contributed by atoms with van der Waals surface area (Å²) in [6, 6.07) is 6.09. The van der Waals surface area contributed by atoms with Crippen LogP contribution in [0.2, 0.25) is 0 Å². The largest absolute Gasteiger partial charge is 0.288 e. The van der Waals surface area contributed by atoms with Gasteiger partial charge in [0.15, 0.2) is 0 Å². The van der Waals surface area contributed by atoms with Crippen LogP contribution >= 0.6 is 0 Å². The van der Waals surface area contributed by atoms with Gasteiger partial charge in [-0.25, -0.2) is 15.8 Å². The van der Waals surface area contributed by atoms with Crippen LogP contribution in [-0.4, -0.2) is 45.4 Å². The van der Waals surface area contributed by atoms with Gasteiger partial charge >= 0.3 is 0 Å². The minimum Gasteiger partial charge on any atom is -0.288 e. The fourth-order valence-electron chi connectivity index (χ4n) is 2.25. The summed E-state index contributed by atoms with van der Waals surface area (Å²) in [4.78, 5) is 21.9. The van der Waals surface area contributed by atoms with E-state index in [4.69, 9.17) is 5.84 Å². The van der Waals surface area contributed by atoms with Crippen LogP contribution in [0.5, 0.6) is 0 Å². The van der Waals surface area contributed by atoms with Crippen molar-refractivity contribution < 1.29 is 4.79 Å². The van der Waals surface area contributed by atoms with Crippen LogP contribution in [0, 0.1) is 0 Å². The van der Waals surface area contributed by atoms with Gasteiger partial charge in [-0.1, -0.05) is 12.1 Å². The number of carbonyl (C=O) groups is 1. The van der Waals surface area contributed by atoms with Gasteiger partial charge in [-0.15, -0.1) is 0 Å². The highest BCUT2D eigenvalue weighted by atomic mass is 16.2. The zero-order chi connectivity index (χ0) is 13.2. The molecule has 1 aromatic carbocycles. The number of piperazine rings is 1. The van der Waals surface area contributed by atoms with Crippen molar-refractivity contribution in [3.05, 3.63) is 36.3 Å². The van der Waals surface area contributed by atoms with Crippen molar-refractivity contribution in [3.63, 3.8) is 0 Å². The summed E-state index contributed by atoms with van der Waals surface area (Å²) in [6.45, 7) is 2.48. The van der Waals surface area contributed by atoms with Crippen molar-refractivity contribution in [1.29, 1.82) is 0 Å². The highest BCUT2D eigenvalue weighted by molar-refractivity contribution is 5.79. The van der Waals surface area contributed by atoms with E-state index in [9.17, 15) is 4.79 Å². The Bertz CT molecular complexity index is 615. The van der Waals surface area contributed by atoms with Gasteiger partial charge in [0, 0.05) is 31.2 Å². The molecule has 1 saturated heterocycles. The number of nitrogens with zero attached hydrogens (tertiary/aromatic N) is 4. The predicted octanol–water partition coefficient (Wildman–Crippen LogP) is 0.148.